The van der Waals surface area contributed by atoms with Gasteiger partial charge in [0.1, 0.15) is 17.6 Å². The van der Waals surface area contributed by atoms with Crippen LogP contribution in [0.1, 0.15) is 94.9 Å². The van der Waals surface area contributed by atoms with Gasteiger partial charge in [0.25, 0.3) is 0 Å². The van der Waals surface area contributed by atoms with Gasteiger partial charge in [0.05, 0.1) is 12.1 Å². The number of nitrogens with zero attached hydrogens (tertiary/aromatic N) is 1. The highest BCUT2D eigenvalue weighted by Crippen LogP contribution is 2.37. The zero-order valence-corrected chi connectivity index (χ0v) is 21.9. The Morgan fingerprint density at radius 3 is 2.25 bits per heavy atom. The number of aldehydes is 1. The van der Waals surface area contributed by atoms with E-state index in [0.717, 1.165) is 25.5 Å². The topological polar surface area (TPSA) is 84.9 Å². The van der Waals surface area contributed by atoms with E-state index in [1.807, 2.05) is 62.3 Å². The summed E-state index contributed by atoms with van der Waals surface area (Å²) < 4.78 is 11.9. The molecule has 0 spiro atoms. The Morgan fingerprint density at radius 2 is 1.78 bits per heavy atom. The van der Waals surface area contributed by atoms with E-state index >= 15 is 0 Å². The third-order valence-electron chi connectivity index (χ3n) is 6.15. The van der Waals surface area contributed by atoms with Gasteiger partial charge in [-0.1, -0.05) is 47.5 Å². The van der Waals surface area contributed by atoms with Gasteiger partial charge >= 0.3 is 6.09 Å². The van der Waals surface area contributed by atoms with Crippen molar-refractivity contribution in [3.63, 3.8) is 0 Å². The fraction of sp³-hybridized carbons (Fsp3) is 0.880. The van der Waals surface area contributed by atoms with Gasteiger partial charge in [-0.3, -0.25) is 9.69 Å². The molecule has 2 amide bonds. The smallest absolute Gasteiger partial charge is 0.412 e. The van der Waals surface area contributed by atoms with Gasteiger partial charge < -0.3 is 19.6 Å². The predicted molar refractivity (Wildman–Crippen MR) is 126 cm³/mol. The van der Waals surface area contributed by atoms with E-state index in [1.165, 1.54) is 0 Å². The molecule has 0 aliphatic carbocycles. The van der Waals surface area contributed by atoms with Crippen LogP contribution in [-0.2, 0) is 19.1 Å². The van der Waals surface area contributed by atoms with Crippen LogP contribution in [0, 0.1) is 17.3 Å². The fourth-order valence-corrected chi connectivity index (χ4v) is 4.10. The molecule has 186 valence electrons. The monoisotopic (exact) mass is 454 g/mol. The Balaban J connectivity index is 3.13. The first kappa shape index (κ1) is 28.4. The van der Waals surface area contributed by atoms with Crippen LogP contribution in [0.15, 0.2) is 0 Å². The Morgan fingerprint density at radius 1 is 1.19 bits per heavy atom. The van der Waals surface area contributed by atoms with Crippen LogP contribution in [0.2, 0.25) is 0 Å². The van der Waals surface area contributed by atoms with Crippen LogP contribution in [0.25, 0.3) is 0 Å². The highest BCUT2D eigenvalue weighted by molar-refractivity contribution is 5.81. The number of hydrogen-bond donors (Lipinski definition) is 1. The number of carbonyl (C=O) groups is 3. The average molecular weight is 455 g/mol. The molecule has 0 aromatic rings. The molecular weight excluding hydrogens is 408 g/mol. The second-order valence-corrected chi connectivity index (χ2v) is 11.5. The van der Waals surface area contributed by atoms with Crippen molar-refractivity contribution in [2.24, 2.45) is 17.3 Å². The quantitative estimate of drug-likeness (QED) is 0.474. The minimum atomic E-state index is -0.926. The van der Waals surface area contributed by atoms with Crippen LogP contribution in [0.5, 0.6) is 0 Å². The summed E-state index contributed by atoms with van der Waals surface area (Å²) in [5.74, 6) is -0.140. The molecule has 1 rings (SSSR count). The third-order valence-corrected chi connectivity index (χ3v) is 6.15. The molecule has 1 fully saturated rings. The predicted octanol–water partition coefficient (Wildman–Crippen LogP) is 4.92. The number of rotatable bonds is 10. The van der Waals surface area contributed by atoms with E-state index in [4.69, 9.17) is 9.47 Å². The molecule has 1 unspecified atom stereocenters. The number of unbranched alkanes of at least 4 members (excludes halogenated alkanes) is 1. The maximum absolute atomic E-state index is 13.1. The molecule has 1 aliphatic rings. The summed E-state index contributed by atoms with van der Waals surface area (Å²) in [6.45, 7) is 19.4. The molecule has 3 atom stereocenters. The number of nitrogens with one attached hydrogen (secondary N) is 1. The van der Waals surface area contributed by atoms with E-state index in [1.54, 1.807) is 4.90 Å². The summed E-state index contributed by atoms with van der Waals surface area (Å²) in [7, 11) is 0. The summed E-state index contributed by atoms with van der Waals surface area (Å²) in [4.78, 5) is 39.4. The summed E-state index contributed by atoms with van der Waals surface area (Å²) >= 11 is 0. The molecule has 7 nitrogen and oxygen atoms in total. The maximum atomic E-state index is 13.1. The van der Waals surface area contributed by atoms with E-state index < -0.39 is 35.0 Å². The van der Waals surface area contributed by atoms with Gasteiger partial charge in [-0.05, 0) is 53.4 Å². The molecule has 1 heterocycles. The second-order valence-electron chi connectivity index (χ2n) is 11.5. The van der Waals surface area contributed by atoms with E-state index in [2.05, 4.69) is 12.2 Å². The van der Waals surface area contributed by atoms with Crippen molar-refractivity contribution in [2.75, 3.05) is 6.54 Å². The van der Waals surface area contributed by atoms with Gasteiger partial charge in [-0.15, -0.1) is 0 Å². The molecule has 0 radical (unpaired) electrons. The van der Waals surface area contributed by atoms with Crippen LogP contribution in [-0.4, -0.2) is 53.2 Å². The standard InChI is InChI=1S/C25H46N2O5/c1-11-12-13-24(7,8)21(29)26-15-20-19(14-18(16-28)17(2)3)27(25(9,10)31-20)22(30)32-23(4,5)6/h16-20H,11-15H2,1-10H3,(H,26,29)/t18?,19-,20-/m0/s1. The van der Waals surface area contributed by atoms with Crippen molar-refractivity contribution in [1.29, 1.82) is 0 Å². The Bertz CT molecular complexity index is 651. The molecule has 0 saturated carbocycles. The Labute approximate surface area is 195 Å². The highest BCUT2D eigenvalue weighted by Gasteiger charge is 2.52. The number of hydrogen-bond acceptors (Lipinski definition) is 5. The van der Waals surface area contributed by atoms with Gasteiger partial charge in [-0.25, -0.2) is 4.79 Å². The zero-order chi connectivity index (χ0) is 24.9. The van der Waals surface area contributed by atoms with Gasteiger partial charge in [-0.2, -0.15) is 0 Å². The molecule has 1 aliphatic heterocycles. The normalized spacial score (nSPS) is 22.0. The highest BCUT2D eigenvalue weighted by atomic mass is 16.6. The fourth-order valence-electron chi connectivity index (χ4n) is 4.10. The van der Waals surface area contributed by atoms with Gasteiger partial charge in [0.2, 0.25) is 5.91 Å². The molecule has 7 heteroatoms. The number of ether oxygens (including phenoxy) is 2. The molecule has 1 N–H and O–H groups in total. The molecular formula is C25H46N2O5. The van der Waals surface area contributed by atoms with Crippen molar-refractivity contribution >= 4 is 18.3 Å². The van der Waals surface area contributed by atoms with Crippen molar-refractivity contribution < 1.29 is 23.9 Å². The van der Waals surface area contributed by atoms with Crippen LogP contribution < -0.4 is 5.32 Å². The van der Waals surface area contributed by atoms with Crippen molar-refractivity contribution in [1.82, 2.24) is 10.2 Å². The molecule has 1 saturated heterocycles. The first-order valence-corrected chi connectivity index (χ1v) is 12.0. The third kappa shape index (κ3) is 7.75. The summed E-state index contributed by atoms with van der Waals surface area (Å²) in [6.07, 6.45) is 3.31. The maximum Gasteiger partial charge on any atom is 0.412 e. The van der Waals surface area contributed by atoms with Gasteiger partial charge in [0, 0.05) is 17.9 Å². The van der Waals surface area contributed by atoms with Gasteiger partial charge in [0.15, 0.2) is 0 Å². The Hall–Kier alpha value is -1.63. The first-order chi connectivity index (χ1) is 14.6. The lowest BCUT2D eigenvalue weighted by Crippen LogP contribution is -2.52. The lowest BCUT2D eigenvalue weighted by Gasteiger charge is -2.36. The first-order valence-electron chi connectivity index (χ1n) is 12.0. The van der Waals surface area contributed by atoms with E-state index in [0.29, 0.717) is 6.42 Å². The SMILES string of the molecule is CCCCC(C)(C)C(=O)NC[C@@H]1OC(C)(C)N(C(=O)OC(C)(C)C)[C@H]1CC(C=O)C(C)C. The lowest BCUT2D eigenvalue weighted by molar-refractivity contribution is -0.131. The van der Waals surface area contributed by atoms with Crippen LogP contribution in [0.3, 0.4) is 0 Å². The second kappa shape index (κ2) is 11.0. The zero-order valence-electron chi connectivity index (χ0n) is 21.9. The summed E-state index contributed by atoms with van der Waals surface area (Å²) in [6, 6.07) is -0.392. The van der Waals surface area contributed by atoms with E-state index in [-0.39, 0.29) is 24.3 Å². The average Bonchev–Trinajstić information content (AvgIpc) is 2.90. The van der Waals surface area contributed by atoms with Crippen LogP contribution in [0.4, 0.5) is 4.79 Å². The van der Waals surface area contributed by atoms with Crippen LogP contribution >= 0.6 is 0 Å². The molecule has 0 bridgehead atoms. The van der Waals surface area contributed by atoms with E-state index in [9.17, 15) is 14.4 Å². The minimum Gasteiger partial charge on any atom is -0.444 e. The lowest BCUT2D eigenvalue weighted by atomic mass is 9.86. The largest absolute Gasteiger partial charge is 0.444 e. The molecule has 32 heavy (non-hydrogen) atoms. The number of amides is 2. The molecule has 0 aromatic heterocycles. The molecule has 0 aromatic carbocycles. The Kier molecular flexibility index (Phi) is 9.76. The van der Waals surface area contributed by atoms with Crippen molar-refractivity contribution in [3.05, 3.63) is 0 Å². The summed E-state index contributed by atoms with van der Waals surface area (Å²) in [5, 5.41) is 3.04. The number of carbonyl (C=O) groups excluding carboxylic acids is 3. The van der Waals surface area contributed by atoms with Crippen molar-refractivity contribution in [3.8, 4) is 0 Å². The minimum absolute atomic E-state index is 0.0300. The summed E-state index contributed by atoms with van der Waals surface area (Å²) in [5.41, 5.74) is -2.06. The van der Waals surface area contributed by atoms with Crippen molar-refractivity contribution in [2.45, 2.75) is 118 Å².